The van der Waals surface area contributed by atoms with Crippen molar-refractivity contribution < 1.29 is 13.9 Å². The first-order valence-electron chi connectivity index (χ1n) is 6.97. The molecule has 1 unspecified atom stereocenters. The van der Waals surface area contributed by atoms with Crippen molar-refractivity contribution in [2.75, 3.05) is 26.7 Å². The Morgan fingerprint density at radius 1 is 1.57 bits per heavy atom. The van der Waals surface area contributed by atoms with Crippen LogP contribution in [0.4, 0.5) is 4.39 Å². The fourth-order valence-corrected chi connectivity index (χ4v) is 2.30. The normalized spacial score (nSPS) is 17.2. The zero-order chi connectivity index (χ0) is 15.2. The van der Waals surface area contributed by atoms with Gasteiger partial charge < -0.3 is 15.4 Å². The number of halogens is 1. The second-order valence-electron chi connectivity index (χ2n) is 5.02. The Hall–Kier alpha value is -1.90. The van der Waals surface area contributed by atoms with Crippen molar-refractivity contribution in [1.82, 2.24) is 4.90 Å². The first-order chi connectivity index (χ1) is 10.1. The molecular weight excluding hydrogens is 271 g/mol. The summed E-state index contributed by atoms with van der Waals surface area (Å²) in [5.41, 5.74) is 5.83. The molecule has 0 bridgehead atoms. The van der Waals surface area contributed by atoms with E-state index >= 15 is 0 Å². The van der Waals surface area contributed by atoms with Crippen LogP contribution in [0, 0.1) is 17.7 Å². The SMILES string of the molecule is CN(CC1CCCO1)C(=O)c1ccc(C#CCN)cc1F. The Labute approximate surface area is 124 Å². The summed E-state index contributed by atoms with van der Waals surface area (Å²) in [6.45, 7) is 1.43. The number of amides is 1. The van der Waals surface area contributed by atoms with E-state index in [-0.39, 0.29) is 24.1 Å². The molecule has 2 rings (SSSR count). The van der Waals surface area contributed by atoms with Crippen molar-refractivity contribution >= 4 is 5.91 Å². The largest absolute Gasteiger partial charge is 0.376 e. The third-order valence-corrected chi connectivity index (χ3v) is 3.38. The molecule has 0 aliphatic carbocycles. The molecule has 0 saturated carbocycles. The predicted molar refractivity (Wildman–Crippen MR) is 78.3 cm³/mol. The summed E-state index contributed by atoms with van der Waals surface area (Å²) in [4.78, 5) is 13.8. The summed E-state index contributed by atoms with van der Waals surface area (Å²) in [5.74, 6) is 4.48. The van der Waals surface area contributed by atoms with Crippen molar-refractivity contribution in [3.63, 3.8) is 0 Å². The second-order valence-corrected chi connectivity index (χ2v) is 5.02. The van der Waals surface area contributed by atoms with Gasteiger partial charge in [-0.25, -0.2) is 4.39 Å². The molecule has 1 aromatic carbocycles. The number of nitrogens with two attached hydrogens (primary N) is 1. The smallest absolute Gasteiger partial charge is 0.256 e. The van der Waals surface area contributed by atoms with Crippen LogP contribution < -0.4 is 5.73 Å². The van der Waals surface area contributed by atoms with Gasteiger partial charge in [0.15, 0.2) is 0 Å². The van der Waals surface area contributed by atoms with E-state index in [2.05, 4.69) is 11.8 Å². The molecule has 1 heterocycles. The van der Waals surface area contributed by atoms with Gasteiger partial charge >= 0.3 is 0 Å². The summed E-state index contributed by atoms with van der Waals surface area (Å²) < 4.78 is 19.5. The van der Waals surface area contributed by atoms with Gasteiger partial charge in [-0.1, -0.05) is 11.8 Å². The molecule has 1 saturated heterocycles. The maximum absolute atomic E-state index is 14.0. The number of hydrogen-bond donors (Lipinski definition) is 1. The van der Waals surface area contributed by atoms with Crippen LogP contribution in [0.3, 0.4) is 0 Å². The molecule has 5 heteroatoms. The van der Waals surface area contributed by atoms with E-state index in [1.54, 1.807) is 13.1 Å². The molecule has 1 aliphatic rings. The topological polar surface area (TPSA) is 55.6 Å². The van der Waals surface area contributed by atoms with Gasteiger partial charge in [0.25, 0.3) is 5.91 Å². The number of likely N-dealkylation sites (N-methyl/N-ethyl adjacent to an activating group) is 1. The zero-order valence-corrected chi connectivity index (χ0v) is 12.1. The maximum atomic E-state index is 14.0. The number of carbonyl (C=O) groups excluding carboxylic acids is 1. The summed E-state index contributed by atoms with van der Waals surface area (Å²) >= 11 is 0. The monoisotopic (exact) mass is 290 g/mol. The van der Waals surface area contributed by atoms with E-state index < -0.39 is 5.82 Å². The average molecular weight is 290 g/mol. The molecule has 1 amide bonds. The zero-order valence-electron chi connectivity index (χ0n) is 12.1. The van der Waals surface area contributed by atoms with Crippen molar-refractivity contribution in [3.8, 4) is 11.8 Å². The minimum Gasteiger partial charge on any atom is -0.376 e. The Bertz CT molecular complexity index is 571. The van der Waals surface area contributed by atoms with Gasteiger partial charge in [-0.15, -0.1) is 0 Å². The van der Waals surface area contributed by atoms with Crippen LogP contribution in [0.1, 0.15) is 28.8 Å². The lowest BCUT2D eigenvalue weighted by atomic mass is 10.1. The lowest BCUT2D eigenvalue weighted by Gasteiger charge is -2.21. The minimum absolute atomic E-state index is 0.0498. The highest BCUT2D eigenvalue weighted by atomic mass is 19.1. The van der Waals surface area contributed by atoms with Crippen LogP contribution in [0.25, 0.3) is 0 Å². The molecule has 2 N–H and O–H groups in total. The van der Waals surface area contributed by atoms with Gasteiger partial charge in [0, 0.05) is 25.8 Å². The van der Waals surface area contributed by atoms with Gasteiger partial charge in [0.2, 0.25) is 0 Å². The number of hydrogen-bond acceptors (Lipinski definition) is 3. The number of rotatable bonds is 3. The van der Waals surface area contributed by atoms with Crippen molar-refractivity contribution in [3.05, 3.63) is 35.1 Å². The first-order valence-corrected chi connectivity index (χ1v) is 6.97. The highest BCUT2D eigenvalue weighted by Crippen LogP contribution is 2.16. The Morgan fingerprint density at radius 2 is 2.38 bits per heavy atom. The molecule has 4 nitrogen and oxygen atoms in total. The molecule has 1 aromatic rings. The molecular formula is C16H19FN2O2. The number of ether oxygens (including phenoxy) is 1. The van der Waals surface area contributed by atoms with Crippen LogP contribution >= 0.6 is 0 Å². The number of nitrogens with zero attached hydrogens (tertiary/aromatic N) is 1. The van der Waals surface area contributed by atoms with Crippen LogP contribution in [0.2, 0.25) is 0 Å². The van der Waals surface area contributed by atoms with Gasteiger partial charge in [-0.3, -0.25) is 4.79 Å². The van der Waals surface area contributed by atoms with Crippen LogP contribution in [-0.4, -0.2) is 43.7 Å². The Kier molecular flexibility index (Phi) is 5.32. The fourth-order valence-electron chi connectivity index (χ4n) is 2.30. The molecule has 112 valence electrons. The molecule has 21 heavy (non-hydrogen) atoms. The van der Waals surface area contributed by atoms with E-state index in [1.165, 1.54) is 17.0 Å². The number of benzene rings is 1. The predicted octanol–water partition coefficient (Wildman–Crippen LogP) is 1.39. The highest BCUT2D eigenvalue weighted by Gasteiger charge is 2.22. The third kappa shape index (κ3) is 4.03. The van der Waals surface area contributed by atoms with Gasteiger partial charge in [-0.05, 0) is 31.0 Å². The highest BCUT2D eigenvalue weighted by molar-refractivity contribution is 5.94. The van der Waals surface area contributed by atoms with E-state index in [9.17, 15) is 9.18 Å². The summed E-state index contributed by atoms with van der Waals surface area (Å²) in [6, 6.07) is 4.35. The second kappa shape index (κ2) is 7.21. The quantitative estimate of drug-likeness (QED) is 0.856. The van der Waals surface area contributed by atoms with Gasteiger partial charge in [-0.2, -0.15) is 0 Å². The van der Waals surface area contributed by atoms with Crippen molar-refractivity contribution in [2.24, 2.45) is 5.73 Å². The molecule has 0 aromatic heterocycles. The van der Waals surface area contributed by atoms with E-state index in [0.29, 0.717) is 12.1 Å². The van der Waals surface area contributed by atoms with Crippen molar-refractivity contribution in [1.29, 1.82) is 0 Å². The maximum Gasteiger partial charge on any atom is 0.256 e. The molecule has 1 atom stereocenters. The molecule has 0 spiro atoms. The Balaban J connectivity index is 2.07. The van der Waals surface area contributed by atoms with Crippen LogP contribution in [-0.2, 0) is 4.74 Å². The summed E-state index contributed by atoms with van der Waals surface area (Å²) in [5, 5.41) is 0. The van der Waals surface area contributed by atoms with Gasteiger partial charge in [0.1, 0.15) is 5.82 Å². The lowest BCUT2D eigenvalue weighted by Crippen LogP contribution is -2.34. The lowest BCUT2D eigenvalue weighted by molar-refractivity contribution is 0.0583. The van der Waals surface area contributed by atoms with E-state index in [0.717, 1.165) is 19.4 Å². The first kappa shape index (κ1) is 15.5. The fraction of sp³-hybridized carbons (Fsp3) is 0.438. The van der Waals surface area contributed by atoms with E-state index in [1.807, 2.05) is 0 Å². The number of carbonyl (C=O) groups is 1. The van der Waals surface area contributed by atoms with Crippen LogP contribution in [0.15, 0.2) is 18.2 Å². The van der Waals surface area contributed by atoms with E-state index in [4.69, 9.17) is 10.5 Å². The third-order valence-electron chi connectivity index (χ3n) is 3.38. The summed E-state index contributed by atoms with van der Waals surface area (Å²) in [6.07, 6.45) is 2.00. The molecule has 1 aliphatic heterocycles. The average Bonchev–Trinajstić information content (AvgIpc) is 2.97. The standard InChI is InChI=1S/C16H19FN2O2/c1-19(11-13-5-3-9-21-13)16(20)14-7-6-12(4-2-8-18)10-15(14)17/h6-7,10,13H,3,5,8-9,11,18H2,1H3. The van der Waals surface area contributed by atoms with Crippen molar-refractivity contribution in [2.45, 2.75) is 18.9 Å². The van der Waals surface area contributed by atoms with Gasteiger partial charge in [0.05, 0.1) is 18.2 Å². The Morgan fingerprint density at radius 3 is 3.00 bits per heavy atom. The summed E-state index contributed by atoms with van der Waals surface area (Å²) in [7, 11) is 1.66. The molecule has 1 fully saturated rings. The van der Waals surface area contributed by atoms with Crippen LogP contribution in [0.5, 0.6) is 0 Å². The minimum atomic E-state index is -0.567. The molecule has 0 radical (unpaired) electrons.